The number of piperazine rings is 1. The number of H-pyrrole nitrogens is 1. The molecule has 0 aliphatic carbocycles. The third-order valence-electron chi connectivity index (χ3n) is 5.35. The van der Waals surface area contributed by atoms with Crippen molar-refractivity contribution in [3.8, 4) is 0 Å². The first-order valence-electron chi connectivity index (χ1n) is 8.99. The Hall–Kier alpha value is -2.58. The summed E-state index contributed by atoms with van der Waals surface area (Å²) in [5.74, 6) is 0.0567. The number of nitrogens with one attached hydrogen (secondary N) is 1. The number of carbonyl (C=O) groups is 1. The number of aromatic nitrogens is 2. The minimum atomic E-state index is -0.326. The Balaban J connectivity index is 1.51. The van der Waals surface area contributed by atoms with Crippen LogP contribution < -0.4 is 10.6 Å². The summed E-state index contributed by atoms with van der Waals surface area (Å²) < 4.78 is 0. The molecule has 3 N–H and O–H groups in total. The van der Waals surface area contributed by atoms with Crippen LogP contribution in [0.3, 0.4) is 0 Å². The van der Waals surface area contributed by atoms with Gasteiger partial charge in [0.15, 0.2) is 0 Å². The number of thioether (sulfide) groups is 1. The van der Waals surface area contributed by atoms with E-state index in [1.165, 1.54) is 11.8 Å². The summed E-state index contributed by atoms with van der Waals surface area (Å²) in [6.45, 7) is 4.11. The Morgan fingerprint density at radius 1 is 1.26 bits per heavy atom. The molecule has 8 heteroatoms. The minimum absolute atomic E-state index is 0.114. The molecule has 4 heterocycles. The van der Waals surface area contributed by atoms with E-state index in [0.717, 1.165) is 47.9 Å². The number of carbonyl (C=O) groups excluding carboxylic acids is 1. The topological polar surface area (TPSA) is 90.6 Å². The van der Waals surface area contributed by atoms with E-state index < -0.39 is 0 Å². The van der Waals surface area contributed by atoms with Crippen molar-refractivity contribution in [2.24, 2.45) is 16.6 Å². The number of rotatable bonds is 2. The van der Waals surface area contributed by atoms with E-state index in [1.54, 1.807) is 0 Å². The lowest BCUT2D eigenvalue weighted by Gasteiger charge is -2.34. The van der Waals surface area contributed by atoms with Crippen LogP contribution in [0.2, 0.25) is 0 Å². The largest absolute Gasteiger partial charge is 0.400 e. The number of anilines is 1. The number of amides is 1. The number of allylic oxidation sites excluding steroid dienone is 1. The molecule has 0 saturated carbocycles. The standard InChI is InChI=1S/C19H20N6OS/c1-24-5-7-25(8-6-24)11-2-3-13-14(10-11)22-17(21-13)15-16(20)12-4-9-27-19(12)23-18(15)26/h2-4,9-10,12H,5-8,20H2,1H3,(H,21,22). The average Bonchev–Trinajstić information content (AvgIpc) is 3.28. The van der Waals surface area contributed by atoms with Gasteiger partial charge < -0.3 is 20.5 Å². The molecule has 2 aromatic rings. The highest BCUT2D eigenvalue weighted by atomic mass is 32.2. The fourth-order valence-corrected chi connectivity index (χ4v) is 4.59. The van der Waals surface area contributed by atoms with Gasteiger partial charge in [-0.15, -0.1) is 0 Å². The smallest absolute Gasteiger partial charge is 0.283 e. The molecule has 1 unspecified atom stereocenters. The number of fused-ring (bicyclic) bond motifs is 2. The third-order valence-corrected chi connectivity index (χ3v) is 6.23. The van der Waals surface area contributed by atoms with Gasteiger partial charge in [0.05, 0.1) is 22.0 Å². The molecule has 0 spiro atoms. The van der Waals surface area contributed by atoms with Gasteiger partial charge in [-0.2, -0.15) is 0 Å². The summed E-state index contributed by atoms with van der Waals surface area (Å²) in [4.78, 5) is 29.3. The van der Waals surface area contributed by atoms with Crippen molar-refractivity contribution in [2.75, 3.05) is 38.1 Å². The first-order chi connectivity index (χ1) is 13.1. The van der Waals surface area contributed by atoms with Crippen molar-refractivity contribution in [3.63, 3.8) is 0 Å². The van der Waals surface area contributed by atoms with Gasteiger partial charge in [-0.25, -0.2) is 9.98 Å². The Morgan fingerprint density at radius 2 is 2.07 bits per heavy atom. The van der Waals surface area contributed by atoms with E-state index in [-0.39, 0.29) is 11.8 Å². The molecule has 1 aromatic heterocycles. The molecule has 138 valence electrons. The first-order valence-corrected chi connectivity index (χ1v) is 9.87. The van der Waals surface area contributed by atoms with Crippen molar-refractivity contribution in [3.05, 3.63) is 41.2 Å². The third kappa shape index (κ3) is 2.76. The molecule has 3 aliphatic rings. The Kier molecular flexibility index (Phi) is 3.84. The summed E-state index contributed by atoms with van der Waals surface area (Å²) in [6.07, 6.45) is 1.97. The number of aliphatic imine (C=N–C) groups is 1. The van der Waals surface area contributed by atoms with Crippen molar-refractivity contribution >= 4 is 45.0 Å². The van der Waals surface area contributed by atoms with Crippen LogP contribution in [0.15, 0.2) is 40.4 Å². The van der Waals surface area contributed by atoms with Crippen LogP contribution in [0.1, 0.15) is 5.82 Å². The Bertz CT molecular complexity index is 1030. The van der Waals surface area contributed by atoms with E-state index in [0.29, 0.717) is 17.1 Å². The summed E-state index contributed by atoms with van der Waals surface area (Å²) in [5.41, 5.74) is 10.1. The SMILES string of the molecule is CN1CCN(c2ccc3nc(C4=C(N)C5C=CSC5=NC4=O)[nH]c3c2)CC1. The molecule has 1 atom stereocenters. The zero-order valence-electron chi connectivity index (χ0n) is 15.0. The number of aromatic amines is 1. The predicted octanol–water partition coefficient (Wildman–Crippen LogP) is 1.80. The van der Waals surface area contributed by atoms with Gasteiger partial charge in [-0.05, 0) is 30.7 Å². The van der Waals surface area contributed by atoms with E-state index >= 15 is 0 Å². The van der Waals surface area contributed by atoms with Crippen LogP contribution in [0.5, 0.6) is 0 Å². The fraction of sp³-hybridized carbons (Fsp3) is 0.316. The molecule has 3 aliphatic heterocycles. The van der Waals surface area contributed by atoms with Crippen LogP contribution in [-0.4, -0.2) is 59.0 Å². The Morgan fingerprint density at radius 3 is 2.89 bits per heavy atom. The van der Waals surface area contributed by atoms with Crippen LogP contribution in [-0.2, 0) is 4.79 Å². The molecule has 1 saturated heterocycles. The summed E-state index contributed by atoms with van der Waals surface area (Å²) in [7, 11) is 2.15. The highest BCUT2D eigenvalue weighted by Crippen LogP contribution is 2.36. The van der Waals surface area contributed by atoms with Crippen LogP contribution in [0, 0.1) is 5.92 Å². The number of hydrogen-bond acceptors (Lipinski definition) is 6. The zero-order valence-corrected chi connectivity index (χ0v) is 15.8. The van der Waals surface area contributed by atoms with Gasteiger partial charge >= 0.3 is 0 Å². The van der Waals surface area contributed by atoms with Crippen molar-refractivity contribution in [1.82, 2.24) is 14.9 Å². The average molecular weight is 380 g/mol. The second kappa shape index (κ2) is 6.24. The minimum Gasteiger partial charge on any atom is -0.400 e. The fourth-order valence-electron chi connectivity index (χ4n) is 3.73. The van der Waals surface area contributed by atoms with Crippen molar-refractivity contribution in [2.45, 2.75) is 0 Å². The maximum atomic E-state index is 12.5. The van der Waals surface area contributed by atoms with E-state index in [9.17, 15) is 4.79 Å². The van der Waals surface area contributed by atoms with Gasteiger partial charge in [0, 0.05) is 37.6 Å². The lowest BCUT2D eigenvalue weighted by Crippen LogP contribution is -2.44. The second-order valence-corrected chi connectivity index (χ2v) is 8.01. The molecule has 27 heavy (non-hydrogen) atoms. The van der Waals surface area contributed by atoms with Gasteiger partial charge in [0.1, 0.15) is 11.4 Å². The summed E-state index contributed by atoms with van der Waals surface area (Å²) >= 11 is 1.45. The molecule has 7 nitrogen and oxygen atoms in total. The normalized spacial score (nSPS) is 23.3. The highest BCUT2D eigenvalue weighted by molar-refractivity contribution is 8.16. The van der Waals surface area contributed by atoms with Crippen LogP contribution >= 0.6 is 11.8 Å². The number of nitrogens with zero attached hydrogens (tertiary/aromatic N) is 4. The molecule has 0 radical (unpaired) electrons. The molecule has 1 amide bonds. The van der Waals surface area contributed by atoms with Gasteiger partial charge in [-0.1, -0.05) is 17.8 Å². The molecule has 1 aromatic carbocycles. The van der Waals surface area contributed by atoms with Gasteiger partial charge in [0.2, 0.25) is 0 Å². The molecular weight excluding hydrogens is 360 g/mol. The van der Waals surface area contributed by atoms with E-state index in [2.05, 4.69) is 43.9 Å². The predicted molar refractivity (Wildman–Crippen MR) is 110 cm³/mol. The molecule has 0 bridgehead atoms. The number of nitrogens with two attached hydrogens (primary N) is 1. The summed E-state index contributed by atoms with van der Waals surface area (Å²) in [6, 6.07) is 6.18. The summed E-state index contributed by atoms with van der Waals surface area (Å²) in [5, 5.41) is 2.67. The number of benzene rings is 1. The lowest BCUT2D eigenvalue weighted by molar-refractivity contribution is -0.112. The maximum Gasteiger partial charge on any atom is 0.283 e. The van der Waals surface area contributed by atoms with Crippen molar-refractivity contribution in [1.29, 1.82) is 0 Å². The molecule has 5 rings (SSSR count). The maximum absolute atomic E-state index is 12.5. The van der Waals surface area contributed by atoms with Gasteiger partial charge in [0.25, 0.3) is 5.91 Å². The van der Waals surface area contributed by atoms with E-state index in [1.807, 2.05) is 17.6 Å². The zero-order chi connectivity index (χ0) is 18.5. The van der Waals surface area contributed by atoms with Crippen LogP contribution in [0.25, 0.3) is 16.6 Å². The van der Waals surface area contributed by atoms with Crippen molar-refractivity contribution < 1.29 is 4.79 Å². The first kappa shape index (κ1) is 16.6. The molecule has 1 fully saturated rings. The van der Waals surface area contributed by atoms with Crippen LogP contribution in [0.4, 0.5) is 5.69 Å². The number of likely N-dealkylation sites (N-methyl/N-ethyl adjacent to an activating group) is 1. The number of hydrogen-bond donors (Lipinski definition) is 2. The van der Waals surface area contributed by atoms with E-state index in [4.69, 9.17) is 5.73 Å². The number of dihydropyridines is 1. The lowest BCUT2D eigenvalue weighted by atomic mass is 9.98. The monoisotopic (exact) mass is 380 g/mol. The number of imidazole rings is 1. The second-order valence-electron chi connectivity index (χ2n) is 7.09. The van der Waals surface area contributed by atoms with Gasteiger partial charge in [-0.3, -0.25) is 4.79 Å². The Labute approximate surface area is 161 Å². The molecular formula is C19H20N6OS. The highest BCUT2D eigenvalue weighted by Gasteiger charge is 2.33. The quantitative estimate of drug-likeness (QED) is 0.826.